The zero-order chi connectivity index (χ0) is 21.9. The van der Waals surface area contributed by atoms with Crippen LogP contribution in [0, 0.1) is 5.92 Å². The van der Waals surface area contributed by atoms with E-state index in [1.807, 2.05) is 11.8 Å². The van der Waals surface area contributed by atoms with Gasteiger partial charge in [-0.3, -0.25) is 9.69 Å². The number of carbonyl (C=O) groups excluding carboxylic acids is 1. The molecule has 4 rings (SSSR count). The molecule has 31 heavy (non-hydrogen) atoms. The van der Waals surface area contributed by atoms with E-state index in [9.17, 15) is 18.0 Å². The SMILES string of the molecule is O=C(NCC1(N2CCSCC2)CCCC1)C1CCCN(c2ncccc2C(F)(F)F)C1. The summed E-state index contributed by atoms with van der Waals surface area (Å²) in [5.74, 6) is 1.86. The van der Waals surface area contributed by atoms with Crippen LogP contribution >= 0.6 is 11.8 Å². The highest BCUT2D eigenvalue weighted by molar-refractivity contribution is 7.99. The van der Waals surface area contributed by atoms with Crippen molar-refractivity contribution in [1.29, 1.82) is 0 Å². The summed E-state index contributed by atoms with van der Waals surface area (Å²) in [5.41, 5.74) is -0.681. The fraction of sp³-hybridized carbons (Fsp3) is 0.727. The second-order valence-electron chi connectivity index (χ2n) is 8.91. The molecule has 1 atom stereocenters. The number of halogens is 3. The zero-order valence-electron chi connectivity index (χ0n) is 17.8. The summed E-state index contributed by atoms with van der Waals surface area (Å²) in [6, 6.07) is 2.37. The second kappa shape index (κ2) is 9.57. The van der Waals surface area contributed by atoms with E-state index < -0.39 is 11.7 Å². The molecule has 5 nitrogen and oxygen atoms in total. The maximum Gasteiger partial charge on any atom is 0.419 e. The van der Waals surface area contributed by atoms with Gasteiger partial charge in [0.15, 0.2) is 0 Å². The Kier molecular flexibility index (Phi) is 7.01. The van der Waals surface area contributed by atoms with E-state index in [1.165, 1.54) is 25.1 Å². The molecule has 2 saturated heterocycles. The molecule has 1 aromatic heterocycles. The Morgan fingerprint density at radius 1 is 1.19 bits per heavy atom. The van der Waals surface area contributed by atoms with Crippen molar-refractivity contribution in [3.8, 4) is 0 Å². The number of anilines is 1. The fourth-order valence-corrected chi connectivity index (χ4v) is 6.23. The number of rotatable bonds is 5. The molecule has 1 aliphatic carbocycles. The van der Waals surface area contributed by atoms with E-state index in [0.717, 1.165) is 43.5 Å². The standard InChI is InChI=1S/C22H31F3N4OS/c23-22(24,25)18-6-3-9-26-19(18)28-10-4-5-17(15-28)20(30)27-16-21(7-1-2-8-21)29-11-13-31-14-12-29/h3,6,9,17H,1-2,4-5,7-8,10-16H2,(H,27,30). The molecular weight excluding hydrogens is 425 g/mol. The van der Waals surface area contributed by atoms with Gasteiger partial charge in [0.25, 0.3) is 0 Å². The number of nitrogens with zero attached hydrogens (tertiary/aromatic N) is 3. The molecule has 3 fully saturated rings. The summed E-state index contributed by atoms with van der Waals surface area (Å²) in [7, 11) is 0. The van der Waals surface area contributed by atoms with Gasteiger partial charge in [-0.25, -0.2) is 4.98 Å². The topological polar surface area (TPSA) is 48.5 Å². The predicted molar refractivity (Wildman–Crippen MR) is 117 cm³/mol. The van der Waals surface area contributed by atoms with Gasteiger partial charge in [0.2, 0.25) is 5.91 Å². The van der Waals surface area contributed by atoms with Crippen LogP contribution in [0.2, 0.25) is 0 Å². The van der Waals surface area contributed by atoms with Crippen molar-refractivity contribution in [3.63, 3.8) is 0 Å². The average Bonchev–Trinajstić information content (AvgIpc) is 3.28. The molecule has 3 aliphatic rings. The Bertz CT molecular complexity index is 763. The van der Waals surface area contributed by atoms with Crippen LogP contribution in [0.4, 0.5) is 19.0 Å². The van der Waals surface area contributed by atoms with Crippen molar-refractivity contribution < 1.29 is 18.0 Å². The lowest BCUT2D eigenvalue weighted by molar-refractivity contribution is -0.137. The van der Waals surface area contributed by atoms with Gasteiger partial charge in [0, 0.05) is 56.0 Å². The maximum atomic E-state index is 13.4. The number of aromatic nitrogens is 1. The zero-order valence-corrected chi connectivity index (χ0v) is 18.6. The largest absolute Gasteiger partial charge is 0.419 e. The summed E-state index contributed by atoms with van der Waals surface area (Å²) in [4.78, 5) is 21.2. The van der Waals surface area contributed by atoms with Crippen LogP contribution in [-0.2, 0) is 11.0 Å². The molecule has 1 amide bonds. The molecule has 0 bridgehead atoms. The summed E-state index contributed by atoms with van der Waals surface area (Å²) in [6.07, 6.45) is 2.90. The summed E-state index contributed by atoms with van der Waals surface area (Å²) in [5, 5.41) is 3.19. The maximum absolute atomic E-state index is 13.4. The van der Waals surface area contributed by atoms with Gasteiger partial charge < -0.3 is 10.2 Å². The molecule has 0 spiro atoms. The molecule has 9 heteroatoms. The Balaban J connectivity index is 1.40. The smallest absolute Gasteiger partial charge is 0.355 e. The minimum absolute atomic E-state index is 0.0353. The predicted octanol–water partition coefficient (Wildman–Crippen LogP) is 3.79. The van der Waals surface area contributed by atoms with Crippen LogP contribution in [0.5, 0.6) is 0 Å². The number of nitrogens with one attached hydrogen (secondary N) is 1. The molecule has 2 aliphatic heterocycles. The van der Waals surface area contributed by atoms with Crippen molar-refractivity contribution in [2.45, 2.75) is 50.2 Å². The van der Waals surface area contributed by atoms with E-state index >= 15 is 0 Å². The van der Waals surface area contributed by atoms with Crippen LogP contribution < -0.4 is 10.2 Å². The molecule has 1 N–H and O–H groups in total. The second-order valence-corrected chi connectivity index (χ2v) is 10.1. The first-order valence-electron chi connectivity index (χ1n) is 11.3. The number of pyridine rings is 1. The third-order valence-electron chi connectivity index (χ3n) is 6.99. The van der Waals surface area contributed by atoms with Crippen LogP contribution in [-0.4, -0.2) is 65.6 Å². The van der Waals surface area contributed by atoms with Crippen LogP contribution in [0.1, 0.15) is 44.1 Å². The van der Waals surface area contributed by atoms with E-state index in [0.29, 0.717) is 25.9 Å². The van der Waals surface area contributed by atoms with Crippen LogP contribution in [0.25, 0.3) is 0 Å². The lowest BCUT2D eigenvalue weighted by Gasteiger charge is -2.44. The number of amides is 1. The summed E-state index contributed by atoms with van der Waals surface area (Å²) in [6.45, 7) is 3.54. The molecular formula is C22H31F3N4OS. The normalized spacial score (nSPS) is 24.9. The van der Waals surface area contributed by atoms with Crippen molar-refractivity contribution in [2.24, 2.45) is 5.92 Å². The average molecular weight is 457 g/mol. The minimum atomic E-state index is -4.46. The molecule has 1 aromatic rings. The van der Waals surface area contributed by atoms with E-state index in [1.54, 1.807) is 4.90 Å². The third kappa shape index (κ3) is 5.13. The number of carbonyl (C=O) groups is 1. The fourth-order valence-electron chi connectivity index (χ4n) is 5.33. The lowest BCUT2D eigenvalue weighted by Crippen LogP contribution is -2.57. The molecule has 3 heterocycles. The van der Waals surface area contributed by atoms with Gasteiger partial charge in [0.1, 0.15) is 5.82 Å². The van der Waals surface area contributed by atoms with Crippen LogP contribution in [0.15, 0.2) is 18.3 Å². The molecule has 1 saturated carbocycles. The number of alkyl halides is 3. The Morgan fingerprint density at radius 2 is 1.94 bits per heavy atom. The molecule has 1 unspecified atom stereocenters. The van der Waals surface area contributed by atoms with Gasteiger partial charge in [0.05, 0.1) is 11.5 Å². The first kappa shape index (κ1) is 22.7. The molecule has 0 aromatic carbocycles. The summed E-state index contributed by atoms with van der Waals surface area (Å²) >= 11 is 1.98. The van der Waals surface area contributed by atoms with E-state index in [2.05, 4.69) is 15.2 Å². The number of hydrogen-bond acceptors (Lipinski definition) is 5. The van der Waals surface area contributed by atoms with Crippen molar-refractivity contribution in [1.82, 2.24) is 15.2 Å². The third-order valence-corrected chi connectivity index (χ3v) is 7.93. The lowest BCUT2D eigenvalue weighted by atomic mass is 9.93. The number of piperidine rings is 1. The van der Waals surface area contributed by atoms with Gasteiger partial charge in [-0.15, -0.1) is 0 Å². The first-order chi connectivity index (χ1) is 14.9. The van der Waals surface area contributed by atoms with Crippen molar-refractivity contribution >= 4 is 23.5 Å². The number of thioether (sulfide) groups is 1. The van der Waals surface area contributed by atoms with Gasteiger partial charge in [-0.1, -0.05) is 12.8 Å². The highest BCUT2D eigenvalue weighted by atomic mass is 32.2. The molecule has 172 valence electrons. The monoisotopic (exact) mass is 456 g/mol. The molecule has 0 radical (unpaired) electrons. The summed E-state index contributed by atoms with van der Waals surface area (Å²) < 4.78 is 40.3. The first-order valence-corrected chi connectivity index (χ1v) is 12.4. The highest BCUT2D eigenvalue weighted by Crippen LogP contribution is 2.38. The number of hydrogen-bond donors (Lipinski definition) is 1. The Labute approximate surface area is 186 Å². The van der Waals surface area contributed by atoms with E-state index in [4.69, 9.17) is 0 Å². The highest BCUT2D eigenvalue weighted by Gasteiger charge is 2.41. The Hall–Kier alpha value is -1.48. The van der Waals surface area contributed by atoms with Gasteiger partial charge in [-0.05, 0) is 37.8 Å². The van der Waals surface area contributed by atoms with Crippen molar-refractivity contribution in [3.05, 3.63) is 23.9 Å². The van der Waals surface area contributed by atoms with Crippen molar-refractivity contribution in [2.75, 3.05) is 49.1 Å². The Morgan fingerprint density at radius 3 is 2.65 bits per heavy atom. The quantitative estimate of drug-likeness (QED) is 0.731. The van der Waals surface area contributed by atoms with Crippen LogP contribution in [0.3, 0.4) is 0 Å². The van der Waals surface area contributed by atoms with Gasteiger partial charge in [-0.2, -0.15) is 24.9 Å². The minimum Gasteiger partial charge on any atom is -0.355 e. The van der Waals surface area contributed by atoms with E-state index in [-0.39, 0.29) is 29.7 Å². The van der Waals surface area contributed by atoms with Gasteiger partial charge >= 0.3 is 6.18 Å².